The number of carbonyl (C=O) groups excluding carboxylic acids is 1. The van der Waals surface area contributed by atoms with E-state index in [4.69, 9.17) is 11.6 Å². The normalized spacial score (nSPS) is 10.4. The minimum Gasteiger partial charge on any atom is -0.375 e. The van der Waals surface area contributed by atoms with E-state index < -0.39 is 4.92 Å². The first kappa shape index (κ1) is 19.7. The van der Waals surface area contributed by atoms with Crippen LogP contribution in [0.2, 0.25) is 5.02 Å². The standard InChI is InChI=1S/C18H21ClN4O3/c1-20-9-10-22(2)18(24)13-7-8-16(17(11-13)23(25)26)21-12-14-5-3-4-6-15(14)19/h3-8,11,20-21H,9-10,12H2,1-2H3. The summed E-state index contributed by atoms with van der Waals surface area (Å²) in [5, 5.41) is 18.0. The second-order valence-corrected chi connectivity index (χ2v) is 6.17. The van der Waals surface area contributed by atoms with E-state index in [-0.39, 0.29) is 17.2 Å². The van der Waals surface area contributed by atoms with E-state index in [1.807, 2.05) is 18.2 Å². The number of rotatable bonds is 8. The van der Waals surface area contributed by atoms with Crippen molar-refractivity contribution in [2.75, 3.05) is 32.5 Å². The topological polar surface area (TPSA) is 87.5 Å². The number of nitrogens with zero attached hydrogens (tertiary/aromatic N) is 2. The highest BCUT2D eigenvalue weighted by atomic mass is 35.5. The minimum atomic E-state index is -0.501. The molecule has 0 aliphatic carbocycles. The summed E-state index contributed by atoms with van der Waals surface area (Å²) in [6.45, 7) is 1.49. The van der Waals surface area contributed by atoms with Crippen molar-refractivity contribution in [3.8, 4) is 0 Å². The fourth-order valence-electron chi connectivity index (χ4n) is 2.40. The van der Waals surface area contributed by atoms with Crippen molar-refractivity contribution in [1.29, 1.82) is 0 Å². The van der Waals surface area contributed by atoms with Crippen LogP contribution in [0.5, 0.6) is 0 Å². The lowest BCUT2D eigenvalue weighted by Crippen LogP contribution is -2.32. The molecule has 0 atom stereocenters. The number of hydrogen-bond donors (Lipinski definition) is 2. The molecule has 0 radical (unpaired) electrons. The molecule has 26 heavy (non-hydrogen) atoms. The molecule has 0 aliphatic heterocycles. The third-order valence-electron chi connectivity index (χ3n) is 3.91. The van der Waals surface area contributed by atoms with Crippen molar-refractivity contribution in [3.63, 3.8) is 0 Å². The van der Waals surface area contributed by atoms with Crippen LogP contribution in [0.3, 0.4) is 0 Å². The van der Waals surface area contributed by atoms with Crippen LogP contribution in [0.15, 0.2) is 42.5 Å². The van der Waals surface area contributed by atoms with E-state index in [1.165, 1.54) is 11.0 Å². The van der Waals surface area contributed by atoms with Crippen LogP contribution in [0.1, 0.15) is 15.9 Å². The van der Waals surface area contributed by atoms with Gasteiger partial charge in [-0.15, -0.1) is 0 Å². The van der Waals surface area contributed by atoms with Crippen LogP contribution in [0.4, 0.5) is 11.4 Å². The molecule has 7 nitrogen and oxygen atoms in total. The SMILES string of the molecule is CNCCN(C)C(=O)c1ccc(NCc2ccccc2Cl)c([N+](=O)[O-])c1. The Morgan fingerprint density at radius 2 is 2.00 bits per heavy atom. The summed E-state index contributed by atoms with van der Waals surface area (Å²) in [5.74, 6) is -0.263. The molecule has 2 N–H and O–H groups in total. The largest absolute Gasteiger partial charge is 0.375 e. The highest BCUT2D eigenvalue weighted by molar-refractivity contribution is 6.31. The van der Waals surface area contributed by atoms with E-state index in [0.29, 0.717) is 30.3 Å². The van der Waals surface area contributed by atoms with Gasteiger partial charge in [-0.2, -0.15) is 0 Å². The molecule has 8 heteroatoms. The van der Waals surface area contributed by atoms with Crippen LogP contribution < -0.4 is 10.6 Å². The first-order valence-electron chi connectivity index (χ1n) is 8.09. The monoisotopic (exact) mass is 376 g/mol. The van der Waals surface area contributed by atoms with E-state index in [0.717, 1.165) is 5.56 Å². The van der Waals surface area contributed by atoms with Gasteiger partial charge < -0.3 is 15.5 Å². The summed E-state index contributed by atoms with van der Waals surface area (Å²) in [6, 6.07) is 11.7. The molecule has 0 saturated heterocycles. The van der Waals surface area contributed by atoms with Crippen LogP contribution in [-0.4, -0.2) is 42.9 Å². The number of nitro benzene ring substituents is 1. The summed E-state index contributed by atoms with van der Waals surface area (Å²) in [6.07, 6.45) is 0. The van der Waals surface area contributed by atoms with Gasteiger partial charge in [0.05, 0.1) is 4.92 Å². The molecular weight excluding hydrogens is 356 g/mol. The van der Waals surface area contributed by atoms with E-state index in [9.17, 15) is 14.9 Å². The third kappa shape index (κ3) is 4.93. The van der Waals surface area contributed by atoms with Gasteiger partial charge in [0.25, 0.3) is 11.6 Å². The molecule has 0 unspecified atom stereocenters. The maximum atomic E-state index is 12.4. The number of halogens is 1. The van der Waals surface area contributed by atoms with E-state index in [2.05, 4.69) is 10.6 Å². The Balaban J connectivity index is 2.19. The van der Waals surface area contributed by atoms with Crippen LogP contribution in [-0.2, 0) is 6.54 Å². The summed E-state index contributed by atoms with van der Waals surface area (Å²) >= 11 is 6.11. The quantitative estimate of drug-likeness (QED) is 0.546. The van der Waals surface area contributed by atoms with Crippen LogP contribution >= 0.6 is 11.6 Å². The number of nitrogens with one attached hydrogen (secondary N) is 2. The van der Waals surface area contributed by atoms with E-state index in [1.54, 1.807) is 32.3 Å². The summed E-state index contributed by atoms with van der Waals surface area (Å²) < 4.78 is 0. The lowest BCUT2D eigenvalue weighted by atomic mass is 10.1. The van der Waals surface area contributed by atoms with Gasteiger partial charge >= 0.3 is 0 Å². The van der Waals surface area contributed by atoms with Gasteiger partial charge in [-0.05, 0) is 30.8 Å². The molecule has 0 aliphatic rings. The van der Waals surface area contributed by atoms with Gasteiger partial charge in [0.1, 0.15) is 5.69 Å². The molecule has 2 aromatic carbocycles. The summed E-state index contributed by atoms with van der Waals surface area (Å²) in [7, 11) is 3.46. The molecule has 0 bridgehead atoms. The van der Waals surface area contributed by atoms with E-state index >= 15 is 0 Å². The molecule has 0 saturated carbocycles. The summed E-state index contributed by atoms with van der Waals surface area (Å²) in [5.41, 5.74) is 1.29. The van der Waals surface area contributed by atoms with Crippen molar-refractivity contribution >= 4 is 28.9 Å². The molecule has 138 valence electrons. The maximum Gasteiger partial charge on any atom is 0.293 e. The van der Waals surface area contributed by atoms with Crippen molar-refractivity contribution in [2.24, 2.45) is 0 Å². The van der Waals surface area contributed by atoms with Crippen molar-refractivity contribution in [2.45, 2.75) is 6.54 Å². The average molecular weight is 377 g/mol. The fraction of sp³-hybridized carbons (Fsp3) is 0.278. The van der Waals surface area contributed by atoms with Gasteiger partial charge in [-0.25, -0.2) is 0 Å². The van der Waals surface area contributed by atoms with Gasteiger partial charge in [0.15, 0.2) is 0 Å². The fourth-order valence-corrected chi connectivity index (χ4v) is 2.60. The zero-order chi connectivity index (χ0) is 19.1. The second kappa shape index (κ2) is 9.17. The number of likely N-dealkylation sites (N-methyl/N-ethyl adjacent to an activating group) is 2. The number of carbonyl (C=O) groups is 1. The smallest absolute Gasteiger partial charge is 0.293 e. The molecule has 2 aromatic rings. The first-order chi connectivity index (χ1) is 12.4. The highest BCUT2D eigenvalue weighted by Gasteiger charge is 2.19. The Hall–Kier alpha value is -2.64. The predicted molar refractivity (Wildman–Crippen MR) is 103 cm³/mol. The molecule has 0 aromatic heterocycles. The zero-order valence-corrected chi connectivity index (χ0v) is 15.4. The van der Waals surface area contributed by atoms with Crippen LogP contribution in [0.25, 0.3) is 0 Å². The number of amides is 1. The van der Waals surface area contributed by atoms with Gasteiger partial charge in [-0.1, -0.05) is 29.8 Å². The third-order valence-corrected chi connectivity index (χ3v) is 4.28. The van der Waals surface area contributed by atoms with Crippen molar-refractivity contribution < 1.29 is 9.72 Å². The van der Waals surface area contributed by atoms with Gasteiger partial charge in [-0.3, -0.25) is 14.9 Å². The second-order valence-electron chi connectivity index (χ2n) is 5.76. The van der Waals surface area contributed by atoms with Crippen LogP contribution in [0, 0.1) is 10.1 Å². The Morgan fingerprint density at radius 1 is 1.27 bits per heavy atom. The first-order valence-corrected chi connectivity index (χ1v) is 8.47. The molecule has 0 heterocycles. The Bertz CT molecular complexity index is 798. The lowest BCUT2D eigenvalue weighted by molar-refractivity contribution is -0.384. The molecule has 0 fully saturated rings. The van der Waals surface area contributed by atoms with Gasteiger partial charge in [0, 0.05) is 43.3 Å². The minimum absolute atomic E-state index is 0.148. The lowest BCUT2D eigenvalue weighted by Gasteiger charge is -2.17. The maximum absolute atomic E-state index is 12.4. The number of anilines is 1. The van der Waals surface area contributed by atoms with Gasteiger partial charge in [0.2, 0.25) is 0 Å². The molecular formula is C18H21ClN4O3. The van der Waals surface area contributed by atoms with Crippen molar-refractivity contribution in [3.05, 3.63) is 68.7 Å². The molecule has 0 spiro atoms. The average Bonchev–Trinajstić information content (AvgIpc) is 2.64. The number of hydrogen-bond acceptors (Lipinski definition) is 5. The Labute approximate surface area is 157 Å². The highest BCUT2D eigenvalue weighted by Crippen LogP contribution is 2.27. The predicted octanol–water partition coefficient (Wildman–Crippen LogP) is 3.15. The number of benzene rings is 2. The Kier molecular flexibility index (Phi) is 6.94. The summed E-state index contributed by atoms with van der Waals surface area (Å²) in [4.78, 5) is 24.8. The Morgan fingerprint density at radius 3 is 2.65 bits per heavy atom. The van der Waals surface area contributed by atoms with Crippen molar-refractivity contribution in [1.82, 2.24) is 10.2 Å². The zero-order valence-electron chi connectivity index (χ0n) is 14.7. The molecule has 2 rings (SSSR count). The number of nitro groups is 1. The molecule has 1 amide bonds.